The molecule has 2 aliphatic heterocycles. The standard InChI is InChI=1S/C25H29N3O3/c1-19(21-4-2-5-23(18-21)28-13-3-6-25(28)30)26-24(29)12-9-20-7-10-22(11-8-20)27-14-16-31-17-15-27/h2,4-5,7-12,18-19H,3,6,13-17H2,1H3,(H,26,29). The highest BCUT2D eigenvalue weighted by molar-refractivity contribution is 5.95. The average Bonchev–Trinajstić information content (AvgIpc) is 3.24. The molecule has 6 heteroatoms. The summed E-state index contributed by atoms with van der Waals surface area (Å²) in [5, 5.41) is 3.01. The topological polar surface area (TPSA) is 61.9 Å². The molecule has 1 N–H and O–H groups in total. The van der Waals surface area contributed by atoms with E-state index in [2.05, 4.69) is 22.3 Å². The third-order valence-electron chi connectivity index (χ3n) is 5.81. The molecule has 0 saturated carbocycles. The van der Waals surface area contributed by atoms with Gasteiger partial charge >= 0.3 is 0 Å². The summed E-state index contributed by atoms with van der Waals surface area (Å²) in [7, 11) is 0. The van der Waals surface area contributed by atoms with Gasteiger partial charge in [-0.25, -0.2) is 0 Å². The van der Waals surface area contributed by atoms with Crippen LogP contribution >= 0.6 is 0 Å². The Morgan fingerprint density at radius 3 is 2.55 bits per heavy atom. The Bertz CT molecular complexity index is 949. The van der Waals surface area contributed by atoms with Gasteiger partial charge in [0.25, 0.3) is 0 Å². The lowest BCUT2D eigenvalue weighted by atomic mass is 10.1. The number of benzene rings is 2. The van der Waals surface area contributed by atoms with E-state index in [1.54, 1.807) is 6.08 Å². The molecule has 31 heavy (non-hydrogen) atoms. The van der Waals surface area contributed by atoms with Gasteiger partial charge in [-0.05, 0) is 54.8 Å². The zero-order valence-corrected chi connectivity index (χ0v) is 17.9. The van der Waals surface area contributed by atoms with Crippen molar-refractivity contribution >= 4 is 29.3 Å². The van der Waals surface area contributed by atoms with Crippen molar-refractivity contribution in [3.63, 3.8) is 0 Å². The number of ether oxygens (including phenoxy) is 1. The number of hydrogen-bond donors (Lipinski definition) is 1. The Hall–Kier alpha value is -3.12. The Labute approximate surface area is 183 Å². The molecule has 0 aliphatic carbocycles. The predicted molar refractivity (Wildman–Crippen MR) is 123 cm³/mol. The molecule has 0 radical (unpaired) electrons. The maximum Gasteiger partial charge on any atom is 0.244 e. The number of amides is 2. The summed E-state index contributed by atoms with van der Waals surface area (Å²) < 4.78 is 5.40. The number of nitrogens with one attached hydrogen (secondary N) is 1. The van der Waals surface area contributed by atoms with Crippen LogP contribution in [0, 0.1) is 0 Å². The van der Waals surface area contributed by atoms with Crippen molar-refractivity contribution in [2.75, 3.05) is 42.6 Å². The molecule has 0 spiro atoms. The van der Waals surface area contributed by atoms with E-state index < -0.39 is 0 Å². The summed E-state index contributed by atoms with van der Waals surface area (Å²) in [4.78, 5) is 28.5. The summed E-state index contributed by atoms with van der Waals surface area (Å²) in [6.07, 6.45) is 4.89. The molecule has 2 aromatic carbocycles. The highest BCUT2D eigenvalue weighted by Crippen LogP contribution is 2.25. The fourth-order valence-electron chi connectivity index (χ4n) is 4.02. The smallest absolute Gasteiger partial charge is 0.244 e. The molecule has 162 valence electrons. The van der Waals surface area contributed by atoms with Gasteiger partial charge < -0.3 is 19.9 Å². The molecular formula is C25H29N3O3. The average molecular weight is 420 g/mol. The monoisotopic (exact) mass is 419 g/mol. The summed E-state index contributed by atoms with van der Waals surface area (Å²) >= 11 is 0. The Kier molecular flexibility index (Phi) is 6.67. The summed E-state index contributed by atoms with van der Waals surface area (Å²) in [6.45, 7) is 6.05. The molecule has 1 atom stereocenters. The summed E-state index contributed by atoms with van der Waals surface area (Å²) in [5.41, 5.74) is 4.04. The van der Waals surface area contributed by atoms with Gasteiger partial charge in [0.05, 0.1) is 19.3 Å². The van der Waals surface area contributed by atoms with E-state index >= 15 is 0 Å². The third kappa shape index (κ3) is 5.33. The Balaban J connectivity index is 1.34. The molecule has 2 amide bonds. The quantitative estimate of drug-likeness (QED) is 0.728. The highest BCUT2D eigenvalue weighted by atomic mass is 16.5. The number of morpholine rings is 1. The maximum absolute atomic E-state index is 12.4. The van der Waals surface area contributed by atoms with Crippen LogP contribution in [0.3, 0.4) is 0 Å². The van der Waals surface area contributed by atoms with Crippen molar-refractivity contribution in [1.82, 2.24) is 5.32 Å². The minimum atomic E-state index is -0.154. The van der Waals surface area contributed by atoms with Crippen LogP contribution in [0.2, 0.25) is 0 Å². The largest absolute Gasteiger partial charge is 0.378 e. The van der Waals surface area contributed by atoms with Gasteiger partial charge in [-0.1, -0.05) is 24.3 Å². The van der Waals surface area contributed by atoms with Crippen LogP contribution in [0.4, 0.5) is 11.4 Å². The number of rotatable bonds is 6. The SMILES string of the molecule is CC(NC(=O)C=Cc1ccc(N2CCOCC2)cc1)c1cccc(N2CCCC2=O)c1. The zero-order chi connectivity index (χ0) is 21.6. The zero-order valence-electron chi connectivity index (χ0n) is 17.9. The van der Waals surface area contributed by atoms with Crippen molar-refractivity contribution < 1.29 is 14.3 Å². The van der Waals surface area contributed by atoms with E-state index in [0.29, 0.717) is 6.42 Å². The highest BCUT2D eigenvalue weighted by Gasteiger charge is 2.22. The molecule has 4 rings (SSSR count). The Morgan fingerprint density at radius 2 is 1.84 bits per heavy atom. The van der Waals surface area contributed by atoms with E-state index in [4.69, 9.17) is 4.74 Å². The number of nitrogens with zero attached hydrogens (tertiary/aromatic N) is 2. The van der Waals surface area contributed by atoms with Gasteiger partial charge in [0.2, 0.25) is 11.8 Å². The van der Waals surface area contributed by atoms with Crippen molar-refractivity contribution in [2.45, 2.75) is 25.8 Å². The predicted octanol–water partition coefficient (Wildman–Crippen LogP) is 3.54. The number of carbonyl (C=O) groups excluding carboxylic acids is 2. The summed E-state index contributed by atoms with van der Waals surface area (Å²) in [6, 6.07) is 15.9. The van der Waals surface area contributed by atoms with Crippen molar-refractivity contribution in [1.29, 1.82) is 0 Å². The number of hydrogen-bond acceptors (Lipinski definition) is 4. The molecule has 2 fully saturated rings. The first-order chi connectivity index (χ1) is 15.1. The molecule has 2 aromatic rings. The van der Waals surface area contributed by atoms with E-state index in [1.807, 2.05) is 54.3 Å². The lowest BCUT2D eigenvalue weighted by Gasteiger charge is -2.28. The minimum absolute atomic E-state index is 0.146. The van der Waals surface area contributed by atoms with Crippen molar-refractivity contribution in [3.05, 3.63) is 65.7 Å². The van der Waals surface area contributed by atoms with Gasteiger partial charge in [0.1, 0.15) is 0 Å². The van der Waals surface area contributed by atoms with Crippen LogP contribution in [0.15, 0.2) is 54.6 Å². The third-order valence-corrected chi connectivity index (χ3v) is 5.81. The Morgan fingerprint density at radius 1 is 1.06 bits per heavy atom. The van der Waals surface area contributed by atoms with Crippen molar-refractivity contribution in [3.8, 4) is 0 Å². The maximum atomic E-state index is 12.4. The van der Waals surface area contributed by atoms with Crippen molar-refractivity contribution in [2.24, 2.45) is 0 Å². The molecule has 2 heterocycles. The first kappa shape index (κ1) is 21.1. The fraction of sp³-hybridized carbons (Fsp3) is 0.360. The molecule has 6 nitrogen and oxygen atoms in total. The van der Waals surface area contributed by atoms with Gasteiger partial charge in [0, 0.05) is 43.5 Å². The molecule has 0 bridgehead atoms. The second-order valence-corrected chi connectivity index (χ2v) is 8.00. The van der Waals surface area contributed by atoms with E-state index in [1.165, 1.54) is 5.69 Å². The lowest BCUT2D eigenvalue weighted by Crippen LogP contribution is -2.36. The first-order valence-electron chi connectivity index (χ1n) is 10.9. The molecule has 1 unspecified atom stereocenters. The number of anilines is 2. The van der Waals surface area contributed by atoms with E-state index in [9.17, 15) is 9.59 Å². The van der Waals surface area contributed by atoms with Crippen LogP contribution in [0.1, 0.15) is 36.9 Å². The lowest BCUT2D eigenvalue weighted by molar-refractivity contribution is -0.117. The van der Waals surface area contributed by atoms with Crippen LogP contribution in [0.25, 0.3) is 6.08 Å². The van der Waals surface area contributed by atoms with E-state index in [0.717, 1.165) is 56.1 Å². The second kappa shape index (κ2) is 9.79. The fourth-order valence-corrected chi connectivity index (χ4v) is 4.02. The van der Waals surface area contributed by atoms with Gasteiger partial charge in [-0.15, -0.1) is 0 Å². The van der Waals surface area contributed by atoms with Crippen LogP contribution in [-0.2, 0) is 14.3 Å². The first-order valence-corrected chi connectivity index (χ1v) is 10.9. The number of carbonyl (C=O) groups is 2. The van der Waals surface area contributed by atoms with Gasteiger partial charge in [-0.2, -0.15) is 0 Å². The normalized spacial score (nSPS) is 17.9. The minimum Gasteiger partial charge on any atom is -0.378 e. The molecule has 0 aromatic heterocycles. The molecular weight excluding hydrogens is 390 g/mol. The van der Waals surface area contributed by atoms with Gasteiger partial charge in [0.15, 0.2) is 0 Å². The second-order valence-electron chi connectivity index (χ2n) is 8.00. The van der Waals surface area contributed by atoms with Crippen LogP contribution < -0.4 is 15.1 Å². The molecule has 2 saturated heterocycles. The van der Waals surface area contributed by atoms with Gasteiger partial charge in [-0.3, -0.25) is 9.59 Å². The van der Waals surface area contributed by atoms with Crippen LogP contribution in [0.5, 0.6) is 0 Å². The summed E-state index contributed by atoms with van der Waals surface area (Å²) in [5.74, 6) is 0.0174. The van der Waals surface area contributed by atoms with Crippen LogP contribution in [-0.4, -0.2) is 44.7 Å². The molecule has 2 aliphatic rings. The van der Waals surface area contributed by atoms with E-state index in [-0.39, 0.29) is 17.9 Å².